The molecule has 1 aromatic carbocycles. The van der Waals surface area contributed by atoms with Crippen molar-refractivity contribution in [1.29, 1.82) is 0 Å². The Morgan fingerprint density at radius 1 is 1.20 bits per heavy atom. The van der Waals surface area contributed by atoms with Gasteiger partial charge in [0.25, 0.3) is 5.91 Å². The molecule has 1 saturated carbocycles. The van der Waals surface area contributed by atoms with E-state index in [4.69, 9.17) is 0 Å². The quantitative estimate of drug-likeness (QED) is 0.882. The van der Waals surface area contributed by atoms with E-state index in [0.717, 1.165) is 36.8 Å². The molecule has 1 heterocycles. The van der Waals surface area contributed by atoms with Gasteiger partial charge in [-0.2, -0.15) is 4.80 Å². The summed E-state index contributed by atoms with van der Waals surface area (Å²) < 4.78 is 0. The normalized spacial score (nSPS) is 14.9. The van der Waals surface area contributed by atoms with Crippen LogP contribution in [-0.2, 0) is 11.3 Å². The van der Waals surface area contributed by atoms with Crippen molar-refractivity contribution in [3.05, 3.63) is 29.8 Å². The first-order valence-electron chi connectivity index (χ1n) is 8.56. The van der Waals surface area contributed by atoms with Crippen molar-refractivity contribution >= 4 is 11.9 Å². The minimum atomic E-state index is -0.470. The Kier molecular flexibility index (Phi) is 5.37. The van der Waals surface area contributed by atoms with E-state index in [0.29, 0.717) is 5.82 Å². The Bertz CT molecular complexity index is 751. The lowest BCUT2D eigenvalue weighted by molar-refractivity contribution is -0.121. The van der Waals surface area contributed by atoms with Crippen LogP contribution in [-0.4, -0.2) is 38.2 Å². The summed E-state index contributed by atoms with van der Waals surface area (Å²) >= 11 is 0. The molecule has 25 heavy (non-hydrogen) atoms. The predicted octanol–water partition coefficient (Wildman–Crippen LogP) is 1.81. The van der Waals surface area contributed by atoms with Gasteiger partial charge < -0.3 is 5.32 Å². The largest absolute Gasteiger partial charge is 0.335 e. The predicted molar refractivity (Wildman–Crippen MR) is 91.5 cm³/mol. The van der Waals surface area contributed by atoms with Gasteiger partial charge in [-0.1, -0.05) is 43.5 Å². The number of hydrogen-bond acceptors (Lipinski definition) is 5. The SMILES string of the molecule is Cc1ccccc1-c1nnn(CC(=O)NC(=O)NC2CCCCC2)n1. The van der Waals surface area contributed by atoms with Gasteiger partial charge in [0, 0.05) is 11.6 Å². The molecule has 1 aromatic heterocycles. The summed E-state index contributed by atoms with van der Waals surface area (Å²) in [6.45, 7) is 1.80. The standard InChI is InChI=1S/C17H22N6O2/c1-12-7-5-6-10-14(12)16-20-22-23(21-16)11-15(24)19-17(25)18-13-8-3-2-4-9-13/h5-7,10,13H,2-4,8-9,11H2,1H3,(H2,18,19,24,25). The monoisotopic (exact) mass is 342 g/mol. The van der Waals surface area contributed by atoms with Gasteiger partial charge in [-0.05, 0) is 30.5 Å². The summed E-state index contributed by atoms with van der Waals surface area (Å²) in [5, 5.41) is 17.2. The Labute approximate surface area is 146 Å². The molecule has 0 spiro atoms. The van der Waals surface area contributed by atoms with E-state index in [2.05, 4.69) is 26.0 Å². The maximum atomic E-state index is 12.0. The summed E-state index contributed by atoms with van der Waals surface area (Å²) in [6.07, 6.45) is 5.37. The molecule has 8 nitrogen and oxygen atoms in total. The van der Waals surface area contributed by atoms with Crippen LogP contribution in [0.3, 0.4) is 0 Å². The molecule has 1 aliphatic rings. The Morgan fingerprint density at radius 3 is 2.72 bits per heavy atom. The second-order valence-corrected chi connectivity index (χ2v) is 6.31. The van der Waals surface area contributed by atoms with Crippen molar-refractivity contribution in [2.24, 2.45) is 0 Å². The molecule has 0 aliphatic heterocycles. The summed E-state index contributed by atoms with van der Waals surface area (Å²) in [7, 11) is 0. The van der Waals surface area contributed by atoms with Gasteiger partial charge in [0.05, 0.1) is 0 Å². The molecular formula is C17H22N6O2. The summed E-state index contributed by atoms with van der Waals surface area (Å²) in [5.41, 5.74) is 1.89. The van der Waals surface area contributed by atoms with E-state index in [1.807, 2.05) is 31.2 Å². The van der Waals surface area contributed by atoms with Gasteiger partial charge in [0.15, 0.2) is 0 Å². The van der Waals surface area contributed by atoms with Crippen LogP contribution in [0, 0.1) is 6.92 Å². The molecule has 3 rings (SSSR count). The lowest BCUT2D eigenvalue weighted by Gasteiger charge is -2.22. The fourth-order valence-electron chi connectivity index (χ4n) is 3.00. The van der Waals surface area contributed by atoms with Gasteiger partial charge in [0.2, 0.25) is 5.82 Å². The van der Waals surface area contributed by atoms with E-state index in [9.17, 15) is 9.59 Å². The molecule has 1 fully saturated rings. The Balaban J connectivity index is 1.53. The van der Waals surface area contributed by atoms with Crippen molar-refractivity contribution in [2.45, 2.75) is 51.6 Å². The topological polar surface area (TPSA) is 102 Å². The molecular weight excluding hydrogens is 320 g/mol. The Morgan fingerprint density at radius 2 is 1.96 bits per heavy atom. The zero-order valence-corrected chi connectivity index (χ0v) is 14.2. The highest BCUT2D eigenvalue weighted by atomic mass is 16.2. The lowest BCUT2D eigenvalue weighted by atomic mass is 9.96. The first kappa shape index (κ1) is 17.1. The minimum absolute atomic E-state index is 0.152. The lowest BCUT2D eigenvalue weighted by Crippen LogP contribution is -2.46. The summed E-state index contributed by atoms with van der Waals surface area (Å²) in [5.74, 6) is -0.0143. The van der Waals surface area contributed by atoms with E-state index < -0.39 is 11.9 Å². The van der Waals surface area contributed by atoms with E-state index in [-0.39, 0.29) is 12.6 Å². The zero-order chi connectivity index (χ0) is 17.6. The fraction of sp³-hybridized carbons (Fsp3) is 0.471. The third kappa shape index (κ3) is 4.62. The average molecular weight is 342 g/mol. The van der Waals surface area contributed by atoms with Gasteiger partial charge in [-0.25, -0.2) is 4.79 Å². The maximum Gasteiger partial charge on any atom is 0.321 e. The van der Waals surface area contributed by atoms with E-state index in [1.54, 1.807) is 0 Å². The van der Waals surface area contributed by atoms with Crippen LogP contribution in [0.15, 0.2) is 24.3 Å². The van der Waals surface area contributed by atoms with Crippen LogP contribution in [0.4, 0.5) is 4.79 Å². The molecule has 0 bridgehead atoms. The fourth-order valence-corrected chi connectivity index (χ4v) is 3.00. The number of nitrogens with zero attached hydrogens (tertiary/aromatic N) is 4. The van der Waals surface area contributed by atoms with Crippen LogP contribution in [0.1, 0.15) is 37.7 Å². The number of hydrogen-bond donors (Lipinski definition) is 2. The minimum Gasteiger partial charge on any atom is -0.335 e. The first-order chi connectivity index (χ1) is 12.1. The molecule has 0 radical (unpaired) electrons. The number of tetrazole rings is 1. The van der Waals surface area contributed by atoms with Crippen LogP contribution in [0.25, 0.3) is 11.4 Å². The van der Waals surface area contributed by atoms with Gasteiger partial charge >= 0.3 is 6.03 Å². The molecule has 132 valence electrons. The second kappa shape index (κ2) is 7.87. The molecule has 0 atom stereocenters. The van der Waals surface area contributed by atoms with Crippen molar-refractivity contribution < 1.29 is 9.59 Å². The van der Waals surface area contributed by atoms with Gasteiger partial charge in [-0.15, -0.1) is 10.2 Å². The van der Waals surface area contributed by atoms with Crippen molar-refractivity contribution in [3.8, 4) is 11.4 Å². The number of carbonyl (C=O) groups is 2. The number of aromatic nitrogens is 4. The number of urea groups is 1. The maximum absolute atomic E-state index is 12.0. The summed E-state index contributed by atoms with van der Waals surface area (Å²) in [4.78, 5) is 25.0. The van der Waals surface area contributed by atoms with Gasteiger partial charge in [-0.3, -0.25) is 10.1 Å². The van der Waals surface area contributed by atoms with Crippen LogP contribution < -0.4 is 10.6 Å². The third-order valence-corrected chi connectivity index (χ3v) is 4.32. The number of rotatable bonds is 4. The van der Waals surface area contributed by atoms with Crippen molar-refractivity contribution in [3.63, 3.8) is 0 Å². The number of benzene rings is 1. The molecule has 8 heteroatoms. The average Bonchev–Trinajstić information content (AvgIpc) is 3.04. The first-order valence-corrected chi connectivity index (χ1v) is 8.56. The summed E-state index contributed by atoms with van der Waals surface area (Å²) in [6, 6.07) is 7.37. The third-order valence-electron chi connectivity index (χ3n) is 4.32. The molecule has 3 amide bonds. The van der Waals surface area contributed by atoms with Crippen LogP contribution >= 0.6 is 0 Å². The number of nitrogens with one attached hydrogen (secondary N) is 2. The van der Waals surface area contributed by atoms with E-state index in [1.165, 1.54) is 11.2 Å². The number of aryl methyl sites for hydroxylation is 1. The number of amides is 3. The highest BCUT2D eigenvalue weighted by Gasteiger charge is 2.17. The molecule has 2 N–H and O–H groups in total. The van der Waals surface area contributed by atoms with Crippen molar-refractivity contribution in [1.82, 2.24) is 30.8 Å². The van der Waals surface area contributed by atoms with Crippen molar-refractivity contribution in [2.75, 3.05) is 0 Å². The second-order valence-electron chi connectivity index (χ2n) is 6.31. The number of carbonyl (C=O) groups excluding carboxylic acids is 2. The Hall–Kier alpha value is -2.77. The van der Waals surface area contributed by atoms with Crippen LogP contribution in [0.5, 0.6) is 0 Å². The molecule has 1 aliphatic carbocycles. The molecule has 0 unspecified atom stereocenters. The van der Waals surface area contributed by atoms with Gasteiger partial charge in [0.1, 0.15) is 6.54 Å². The number of imide groups is 1. The molecule has 2 aromatic rings. The highest BCUT2D eigenvalue weighted by Crippen LogP contribution is 2.18. The highest BCUT2D eigenvalue weighted by molar-refractivity contribution is 5.94. The smallest absolute Gasteiger partial charge is 0.321 e. The zero-order valence-electron chi connectivity index (χ0n) is 14.2. The molecule has 0 saturated heterocycles. The van der Waals surface area contributed by atoms with Crippen LogP contribution in [0.2, 0.25) is 0 Å². The van der Waals surface area contributed by atoms with E-state index >= 15 is 0 Å².